The Labute approximate surface area is 103 Å². The van der Waals surface area contributed by atoms with E-state index in [9.17, 15) is 5.11 Å². The van der Waals surface area contributed by atoms with Crippen molar-refractivity contribution in [2.24, 2.45) is 0 Å². The molecule has 1 aromatic heterocycles. The second-order valence-electron chi connectivity index (χ2n) is 5.40. The molecule has 2 heterocycles. The highest BCUT2D eigenvalue weighted by Gasteiger charge is 2.28. The van der Waals surface area contributed by atoms with Crippen LogP contribution < -0.4 is 0 Å². The highest BCUT2D eigenvalue weighted by molar-refractivity contribution is 5.09. The molecule has 4 heteroatoms. The number of hydrogen-bond donors (Lipinski definition) is 1. The summed E-state index contributed by atoms with van der Waals surface area (Å²) < 4.78 is 2.05. The zero-order valence-electron chi connectivity index (χ0n) is 11.1. The van der Waals surface area contributed by atoms with Crippen molar-refractivity contribution in [3.8, 4) is 0 Å². The monoisotopic (exact) mass is 237 g/mol. The Balaban J connectivity index is 2.04. The predicted octanol–water partition coefficient (Wildman–Crippen LogP) is 1.56. The van der Waals surface area contributed by atoms with Crippen molar-refractivity contribution in [3.05, 3.63) is 17.5 Å². The van der Waals surface area contributed by atoms with Gasteiger partial charge < -0.3 is 5.11 Å². The van der Waals surface area contributed by atoms with Gasteiger partial charge in [0, 0.05) is 19.6 Å². The largest absolute Gasteiger partial charge is 0.389 e. The first-order valence-electron chi connectivity index (χ1n) is 6.48. The number of β-amino-alcohol motifs (C(OH)–C–C–N with tert-alkyl or cyclic N) is 1. The first-order valence-corrected chi connectivity index (χ1v) is 6.48. The van der Waals surface area contributed by atoms with Gasteiger partial charge in [-0.25, -0.2) is 0 Å². The molecule has 1 atom stereocenters. The number of aliphatic hydroxyl groups is 1. The summed E-state index contributed by atoms with van der Waals surface area (Å²) in [4.78, 5) is 2.33. The van der Waals surface area contributed by atoms with Crippen LogP contribution in [0, 0.1) is 6.92 Å². The highest BCUT2D eigenvalue weighted by Crippen LogP contribution is 2.21. The van der Waals surface area contributed by atoms with Gasteiger partial charge >= 0.3 is 0 Å². The van der Waals surface area contributed by atoms with E-state index in [-0.39, 0.29) is 0 Å². The van der Waals surface area contributed by atoms with E-state index in [1.165, 1.54) is 5.69 Å². The first kappa shape index (κ1) is 12.6. The minimum absolute atomic E-state index is 0.523. The molecule has 1 saturated heterocycles. The number of nitrogens with zero attached hydrogens (tertiary/aromatic N) is 3. The molecular formula is C13H23N3O. The summed E-state index contributed by atoms with van der Waals surface area (Å²) in [6.07, 6.45) is 1.99. The van der Waals surface area contributed by atoms with Crippen molar-refractivity contribution >= 4 is 0 Å². The molecule has 1 fully saturated rings. The van der Waals surface area contributed by atoms with Crippen molar-refractivity contribution in [2.75, 3.05) is 13.1 Å². The van der Waals surface area contributed by atoms with E-state index in [1.54, 1.807) is 0 Å². The third-order valence-corrected chi connectivity index (χ3v) is 3.42. The minimum atomic E-state index is -0.523. The molecule has 0 saturated carbocycles. The normalized spacial score (nSPS) is 26.4. The van der Waals surface area contributed by atoms with Crippen LogP contribution in [0.25, 0.3) is 0 Å². The standard InChI is InChI=1S/C13H23N3O/c1-4-16-12(8-11(2)14-16)9-15-7-5-6-13(3,17)10-15/h8,17H,4-7,9-10H2,1-3H3. The van der Waals surface area contributed by atoms with E-state index in [4.69, 9.17) is 0 Å². The Kier molecular flexibility index (Phi) is 3.54. The molecule has 0 aliphatic carbocycles. The van der Waals surface area contributed by atoms with Gasteiger partial charge in [0.1, 0.15) is 0 Å². The van der Waals surface area contributed by atoms with Gasteiger partial charge in [-0.1, -0.05) is 0 Å². The van der Waals surface area contributed by atoms with Gasteiger partial charge in [-0.05, 0) is 46.2 Å². The van der Waals surface area contributed by atoms with E-state index < -0.39 is 5.60 Å². The highest BCUT2D eigenvalue weighted by atomic mass is 16.3. The van der Waals surface area contributed by atoms with Crippen LogP contribution in [0.3, 0.4) is 0 Å². The van der Waals surface area contributed by atoms with Crippen LogP contribution in [0.5, 0.6) is 0 Å². The molecule has 1 aliphatic heterocycles. The smallest absolute Gasteiger partial charge is 0.0746 e. The summed E-state index contributed by atoms with van der Waals surface area (Å²) in [6, 6.07) is 2.15. The lowest BCUT2D eigenvalue weighted by molar-refractivity contribution is -0.0188. The van der Waals surface area contributed by atoms with Crippen LogP contribution in [-0.4, -0.2) is 38.5 Å². The lowest BCUT2D eigenvalue weighted by Crippen LogP contribution is -2.45. The molecule has 0 aromatic carbocycles. The molecule has 1 aromatic rings. The maximum atomic E-state index is 10.1. The Hall–Kier alpha value is -0.870. The fourth-order valence-electron chi connectivity index (χ4n) is 2.69. The summed E-state index contributed by atoms with van der Waals surface area (Å²) in [5.74, 6) is 0. The lowest BCUT2D eigenvalue weighted by atomic mass is 9.95. The van der Waals surface area contributed by atoms with Crippen LogP contribution in [0.4, 0.5) is 0 Å². The van der Waals surface area contributed by atoms with Crippen molar-refractivity contribution in [2.45, 2.75) is 52.3 Å². The van der Waals surface area contributed by atoms with Crippen molar-refractivity contribution in [1.29, 1.82) is 0 Å². The Morgan fingerprint density at radius 3 is 2.94 bits per heavy atom. The lowest BCUT2D eigenvalue weighted by Gasteiger charge is -2.36. The molecule has 1 unspecified atom stereocenters. The summed E-state index contributed by atoms with van der Waals surface area (Å²) in [7, 11) is 0. The molecule has 0 amide bonds. The molecule has 1 N–H and O–H groups in total. The van der Waals surface area contributed by atoms with Gasteiger partial charge in [0.2, 0.25) is 0 Å². The van der Waals surface area contributed by atoms with E-state index in [1.807, 2.05) is 13.8 Å². The van der Waals surface area contributed by atoms with Gasteiger partial charge in [0.15, 0.2) is 0 Å². The van der Waals surface area contributed by atoms with Crippen LogP contribution >= 0.6 is 0 Å². The second-order valence-corrected chi connectivity index (χ2v) is 5.40. The number of aryl methyl sites for hydroxylation is 2. The van der Waals surface area contributed by atoms with Crippen molar-refractivity contribution in [1.82, 2.24) is 14.7 Å². The quantitative estimate of drug-likeness (QED) is 0.867. The van der Waals surface area contributed by atoms with E-state index in [0.29, 0.717) is 0 Å². The van der Waals surface area contributed by atoms with E-state index >= 15 is 0 Å². The van der Waals surface area contributed by atoms with Crippen molar-refractivity contribution in [3.63, 3.8) is 0 Å². The van der Waals surface area contributed by atoms with Crippen molar-refractivity contribution < 1.29 is 5.11 Å². The average Bonchev–Trinajstić information content (AvgIpc) is 2.57. The summed E-state index contributed by atoms with van der Waals surface area (Å²) in [5, 5.41) is 14.5. The SMILES string of the molecule is CCn1nc(C)cc1CN1CCCC(C)(O)C1. The Morgan fingerprint density at radius 1 is 1.53 bits per heavy atom. The van der Waals surface area contributed by atoms with Gasteiger partial charge in [0.05, 0.1) is 17.0 Å². The second kappa shape index (κ2) is 4.78. The first-order chi connectivity index (χ1) is 8.00. The average molecular weight is 237 g/mol. The molecule has 2 rings (SSSR count). The maximum Gasteiger partial charge on any atom is 0.0746 e. The fourth-order valence-corrected chi connectivity index (χ4v) is 2.69. The van der Waals surface area contributed by atoms with Gasteiger partial charge in [0.25, 0.3) is 0 Å². The van der Waals surface area contributed by atoms with Crippen LogP contribution in [0.15, 0.2) is 6.07 Å². The fraction of sp³-hybridized carbons (Fsp3) is 0.769. The third kappa shape index (κ3) is 3.07. The molecule has 4 nitrogen and oxygen atoms in total. The summed E-state index contributed by atoms with van der Waals surface area (Å²) >= 11 is 0. The number of rotatable bonds is 3. The van der Waals surface area contributed by atoms with E-state index in [0.717, 1.165) is 44.7 Å². The molecule has 0 bridgehead atoms. The van der Waals surface area contributed by atoms with Gasteiger partial charge in [-0.2, -0.15) is 5.10 Å². The predicted molar refractivity (Wildman–Crippen MR) is 67.8 cm³/mol. The summed E-state index contributed by atoms with van der Waals surface area (Å²) in [6.45, 7) is 9.72. The maximum absolute atomic E-state index is 10.1. The zero-order chi connectivity index (χ0) is 12.5. The van der Waals surface area contributed by atoms with Gasteiger partial charge in [-0.15, -0.1) is 0 Å². The molecular weight excluding hydrogens is 214 g/mol. The molecule has 0 radical (unpaired) electrons. The number of piperidine rings is 1. The number of aromatic nitrogens is 2. The molecule has 96 valence electrons. The molecule has 0 spiro atoms. The number of likely N-dealkylation sites (tertiary alicyclic amines) is 1. The molecule has 17 heavy (non-hydrogen) atoms. The topological polar surface area (TPSA) is 41.3 Å². The number of hydrogen-bond acceptors (Lipinski definition) is 3. The zero-order valence-corrected chi connectivity index (χ0v) is 11.1. The van der Waals surface area contributed by atoms with Crippen LogP contribution in [0.1, 0.15) is 38.1 Å². The third-order valence-electron chi connectivity index (χ3n) is 3.42. The minimum Gasteiger partial charge on any atom is -0.389 e. The van der Waals surface area contributed by atoms with E-state index in [2.05, 4.69) is 27.7 Å². The summed E-state index contributed by atoms with van der Waals surface area (Å²) in [5.41, 5.74) is 1.80. The van der Waals surface area contributed by atoms with Crippen LogP contribution in [0.2, 0.25) is 0 Å². The Morgan fingerprint density at radius 2 is 2.29 bits per heavy atom. The Bertz CT molecular complexity index is 384. The van der Waals surface area contributed by atoms with Gasteiger partial charge in [-0.3, -0.25) is 9.58 Å². The van der Waals surface area contributed by atoms with Crippen LogP contribution in [-0.2, 0) is 13.1 Å². The molecule has 1 aliphatic rings.